The Morgan fingerprint density at radius 1 is 1.21 bits per heavy atom. The number of benzene rings is 1. The molecule has 120 valence electrons. The van der Waals surface area contributed by atoms with Crippen molar-refractivity contribution in [2.45, 2.75) is 32.0 Å². The molecule has 2 heterocycles. The molecule has 0 atom stereocenters. The minimum absolute atomic E-state index is 0.470. The monoisotopic (exact) mass is 320 g/mol. The summed E-state index contributed by atoms with van der Waals surface area (Å²) in [7, 11) is 0. The van der Waals surface area contributed by atoms with E-state index in [2.05, 4.69) is 21.1 Å². The fourth-order valence-corrected chi connectivity index (χ4v) is 2.73. The van der Waals surface area contributed by atoms with Gasteiger partial charge in [-0.2, -0.15) is 10.2 Å². The van der Waals surface area contributed by atoms with E-state index in [0.29, 0.717) is 35.6 Å². The minimum Gasteiger partial charge on any atom is -0.461 e. The first-order chi connectivity index (χ1) is 11.8. The molecule has 1 saturated carbocycles. The second-order valence-electron chi connectivity index (χ2n) is 5.94. The highest BCUT2D eigenvalue weighted by atomic mass is 16.5. The van der Waals surface area contributed by atoms with Crippen molar-refractivity contribution < 1.29 is 8.94 Å². The first-order valence-electron chi connectivity index (χ1n) is 7.91. The Bertz CT molecular complexity index is 859. The van der Waals surface area contributed by atoms with Crippen molar-refractivity contribution in [3.8, 4) is 17.7 Å². The average Bonchev–Trinajstić information content (AvgIpc) is 3.11. The lowest BCUT2D eigenvalue weighted by molar-refractivity contribution is 0.209. The Morgan fingerprint density at radius 2 is 2.12 bits per heavy atom. The minimum atomic E-state index is 0.470. The zero-order chi connectivity index (χ0) is 16.4. The normalized spacial score (nSPS) is 14.0. The van der Waals surface area contributed by atoms with Crippen LogP contribution in [0.2, 0.25) is 0 Å². The summed E-state index contributed by atoms with van der Waals surface area (Å²) in [5.74, 6) is 1.65. The number of hydrogen-bond acceptors (Lipinski definition) is 6. The lowest BCUT2D eigenvalue weighted by Crippen LogP contribution is -2.25. The van der Waals surface area contributed by atoms with E-state index in [9.17, 15) is 0 Å². The zero-order valence-electron chi connectivity index (χ0n) is 13.1. The van der Waals surface area contributed by atoms with E-state index >= 15 is 0 Å². The molecule has 1 aromatic carbocycles. The third-order valence-electron chi connectivity index (χ3n) is 4.05. The van der Waals surface area contributed by atoms with Crippen LogP contribution in [0.25, 0.3) is 11.6 Å². The second kappa shape index (κ2) is 6.30. The lowest BCUT2D eigenvalue weighted by Gasteiger charge is -2.20. The Kier molecular flexibility index (Phi) is 3.85. The van der Waals surface area contributed by atoms with Crippen LogP contribution in [-0.2, 0) is 13.1 Å². The quantitative estimate of drug-likeness (QED) is 0.693. The van der Waals surface area contributed by atoms with Crippen molar-refractivity contribution in [2.24, 2.45) is 0 Å². The smallest absolute Gasteiger partial charge is 0.241 e. The number of hydrogen-bond donors (Lipinski definition) is 0. The largest absolute Gasteiger partial charge is 0.461 e. The summed E-state index contributed by atoms with van der Waals surface area (Å²) in [6.07, 6.45) is 3.94. The average molecular weight is 320 g/mol. The van der Waals surface area contributed by atoms with Crippen LogP contribution in [-0.4, -0.2) is 21.1 Å². The summed E-state index contributed by atoms with van der Waals surface area (Å²) < 4.78 is 10.7. The highest BCUT2D eigenvalue weighted by Crippen LogP contribution is 2.30. The van der Waals surface area contributed by atoms with Crippen LogP contribution in [0, 0.1) is 11.3 Å². The van der Waals surface area contributed by atoms with Crippen molar-refractivity contribution in [2.75, 3.05) is 0 Å². The summed E-state index contributed by atoms with van der Waals surface area (Å²) in [4.78, 5) is 6.73. The number of nitriles is 1. The first-order valence-corrected chi connectivity index (χ1v) is 7.91. The molecule has 0 bridgehead atoms. The zero-order valence-corrected chi connectivity index (χ0v) is 13.1. The van der Waals surface area contributed by atoms with Crippen molar-refractivity contribution in [1.82, 2.24) is 15.0 Å². The SMILES string of the molecule is N#Cc1cccc(CN(Cc2nc(-c3ccco3)no2)C2CC2)c1. The van der Waals surface area contributed by atoms with Gasteiger partial charge in [0.05, 0.1) is 24.4 Å². The fourth-order valence-electron chi connectivity index (χ4n) is 2.73. The molecule has 2 aromatic heterocycles. The molecule has 0 spiro atoms. The molecule has 1 aliphatic rings. The van der Waals surface area contributed by atoms with Gasteiger partial charge in [-0.25, -0.2) is 0 Å². The maximum Gasteiger partial charge on any atom is 0.241 e. The predicted molar refractivity (Wildman–Crippen MR) is 85.4 cm³/mol. The van der Waals surface area contributed by atoms with Gasteiger partial charge in [0, 0.05) is 12.6 Å². The number of nitrogens with zero attached hydrogens (tertiary/aromatic N) is 4. The molecule has 6 heteroatoms. The van der Waals surface area contributed by atoms with Crippen molar-refractivity contribution in [1.29, 1.82) is 5.26 Å². The highest BCUT2D eigenvalue weighted by Gasteiger charge is 2.30. The highest BCUT2D eigenvalue weighted by molar-refractivity contribution is 5.44. The standard InChI is InChI=1S/C18H16N4O2/c19-10-13-3-1-4-14(9-13)11-22(15-6-7-15)12-17-20-18(21-24-17)16-5-2-8-23-16/h1-5,8-9,15H,6-7,11-12H2. The van der Waals surface area contributed by atoms with Gasteiger partial charge < -0.3 is 8.94 Å². The fraction of sp³-hybridized carbons (Fsp3) is 0.278. The van der Waals surface area contributed by atoms with E-state index in [1.165, 1.54) is 12.8 Å². The van der Waals surface area contributed by atoms with E-state index in [-0.39, 0.29) is 0 Å². The molecule has 1 aliphatic carbocycles. The Labute approximate surface area is 139 Å². The van der Waals surface area contributed by atoms with Crippen LogP contribution < -0.4 is 0 Å². The third-order valence-corrected chi connectivity index (χ3v) is 4.05. The van der Waals surface area contributed by atoms with E-state index in [0.717, 1.165) is 12.1 Å². The topological polar surface area (TPSA) is 79.1 Å². The van der Waals surface area contributed by atoms with E-state index in [1.54, 1.807) is 18.4 Å². The Balaban J connectivity index is 1.49. The van der Waals surface area contributed by atoms with Gasteiger partial charge in [-0.15, -0.1) is 0 Å². The van der Waals surface area contributed by atoms with Gasteiger partial charge in [0.2, 0.25) is 11.7 Å². The van der Waals surface area contributed by atoms with Gasteiger partial charge in [0.25, 0.3) is 0 Å². The predicted octanol–water partition coefficient (Wildman–Crippen LogP) is 3.37. The molecule has 0 unspecified atom stereocenters. The van der Waals surface area contributed by atoms with Crippen molar-refractivity contribution >= 4 is 0 Å². The maximum absolute atomic E-state index is 9.04. The molecule has 24 heavy (non-hydrogen) atoms. The molecule has 0 aliphatic heterocycles. The Morgan fingerprint density at radius 3 is 2.88 bits per heavy atom. The van der Waals surface area contributed by atoms with Crippen LogP contribution in [0.5, 0.6) is 0 Å². The van der Waals surface area contributed by atoms with Crippen LogP contribution in [0.4, 0.5) is 0 Å². The van der Waals surface area contributed by atoms with Gasteiger partial charge in [-0.05, 0) is 42.7 Å². The van der Waals surface area contributed by atoms with Crippen molar-refractivity contribution in [3.63, 3.8) is 0 Å². The molecule has 0 amide bonds. The van der Waals surface area contributed by atoms with Gasteiger partial charge in [0.1, 0.15) is 0 Å². The molecular formula is C18H16N4O2. The van der Waals surface area contributed by atoms with Crippen LogP contribution in [0.1, 0.15) is 29.9 Å². The van der Waals surface area contributed by atoms with Crippen LogP contribution >= 0.6 is 0 Å². The molecule has 0 N–H and O–H groups in total. The van der Waals surface area contributed by atoms with E-state index in [1.807, 2.05) is 24.3 Å². The molecule has 0 radical (unpaired) electrons. The summed E-state index contributed by atoms with van der Waals surface area (Å²) in [6, 6.07) is 14.0. The summed E-state index contributed by atoms with van der Waals surface area (Å²) in [5.41, 5.74) is 1.80. The molecule has 3 aromatic rings. The molecular weight excluding hydrogens is 304 g/mol. The van der Waals surface area contributed by atoms with E-state index in [4.69, 9.17) is 14.2 Å². The summed E-state index contributed by atoms with van der Waals surface area (Å²) in [5, 5.41) is 13.0. The number of aromatic nitrogens is 2. The van der Waals surface area contributed by atoms with E-state index < -0.39 is 0 Å². The van der Waals surface area contributed by atoms with Gasteiger partial charge >= 0.3 is 0 Å². The van der Waals surface area contributed by atoms with Gasteiger partial charge in [0.15, 0.2) is 5.76 Å². The molecule has 0 saturated heterocycles. The van der Waals surface area contributed by atoms with Crippen LogP contribution in [0.15, 0.2) is 51.6 Å². The van der Waals surface area contributed by atoms with Gasteiger partial charge in [-0.3, -0.25) is 4.90 Å². The Hall–Kier alpha value is -2.91. The van der Waals surface area contributed by atoms with Crippen LogP contribution in [0.3, 0.4) is 0 Å². The summed E-state index contributed by atoms with van der Waals surface area (Å²) >= 11 is 0. The first kappa shape index (κ1) is 14.7. The molecule has 4 rings (SSSR count). The van der Waals surface area contributed by atoms with Gasteiger partial charge in [-0.1, -0.05) is 17.3 Å². The molecule has 6 nitrogen and oxygen atoms in total. The third kappa shape index (κ3) is 3.21. The maximum atomic E-state index is 9.04. The second-order valence-corrected chi connectivity index (χ2v) is 5.94. The van der Waals surface area contributed by atoms with Crippen molar-refractivity contribution in [3.05, 3.63) is 59.7 Å². The summed E-state index contributed by atoms with van der Waals surface area (Å²) in [6.45, 7) is 1.35. The number of furan rings is 1. The number of rotatable bonds is 6. The molecule has 1 fully saturated rings. The lowest BCUT2D eigenvalue weighted by atomic mass is 10.1.